The van der Waals surface area contributed by atoms with Gasteiger partial charge in [0.2, 0.25) is 5.91 Å². The van der Waals surface area contributed by atoms with Crippen molar-refractivity contribution in [3.05, 3.63) is 41.7 Å². The maximum Gasteiger partial charge on any atom is 0.237 e. The van der Waals surface area contributed by atoms with Crippen LogP contribution in [0.15, 0.2) is 33.4 Å². The summed E-state index contributed by atoms with van der Waals surface area (Å²) in [5, 5.41) is 9.63. The van der Waals surface area contributed by atoms with E-state index in [-0.39, 0.29) is 11.9 Å². The van der Waals surface area contributed by atoms with E-state index in [1.807, 2.05) is 19.1 Å². The largest absolute Gasteiger partial charge is 0.467 e. The number of hydrogen-bond acceptors (Lipinski definition) is 5. The lowest BCUT2D eigenvalue weighted by atomic mass is 10.3. The molecular weight excluding hydrogens is 246 g/mol. The van der Waals surface area contributed by atoms with E-state index >= 15 is 0 Å². The fraction of sp³-hybridized carbons (Fsp3) is 0.385. The molecule has 0 aliphatic rings. The van der Waals surface area contributed by atoms with Crippen LogP contribution >= 0.6 is 0 Å². The Balaban J connectivity index is 1.73. The van der Waals surface area contributed by atoms with Crippen LogP contribution in [0.4, 0.5) is 0 Å². The van der Waals surface area contributed by atoms with Crippen LogP contribution < -0.4 is 10.6 Å². The molecule has 2 rings (SSSR count). The molecule has 0 saturated carbocycles. The Labute approximate surface area is 111 Å². The third-order valence-electron chi connectivity index (χ3n) is 2.67. The van der Waals surface area contributed by atoms with Gasteiger partial charge in [-0.3, -0.25) is 10.1 Å². The number of rotatable bonds is 6. The minimum atomic E-state index is -0.319. The van der Waals surface area contributed by atoms with Gasteiger partial charge in [-0.25, -0.2) is 0 Å². The number of nitrogens with one attached hydrogen (secondary N) is 2. The van der Waals surface area contributed by atoms with Crippen LogP contribution in [0.3, 0.4) is 0 Å². The molecule has 0 bridgehead atoms. The molecule has 2 N–H and O–H groups in total. The molecule has 19 heavy (non-hydrogen) atoms. The Kier molecular flexibility index (Phi) is 4.35. The summed E-state index contributed by atoms with van der Waals surface area (Å²) in [5.41, 5.74) is 0.826. The number of carbonyl (C=O) groups is 1. The molecule has 0 radical (unpaired) electrons. The highest BCUT2D eigenvalue weighted by Gasteiger charge is 2.13. The number of aryl methyl sites for hydroxylation is 1. The molecule has 0 aliphatic heterocycles. The first kappa shape index (κ1) is 13.4. The van der Waals surface area contributed by atoms with Crippen molar-refractivity contribution >= 4 is 5.91 Å². The molecular formula is C13H17N3O3. The maximum absolute atomic E-state index is 11.8. The van der Waals surface area contributed by atoms with Crippen molar-refractivity contribution in [2.45, 2.75) is 33.0 Å². The highest BCUT2D eigenvalue weighted by atomic mass is 16.5. The van der Waals surface area contributed by atoms with E-state index in [9.17, 15) is 4.79 Å². The molecule has 0 aromatic carbocycles. The van der Waals surface area contributed by atoms with E-state index in [4.69, 9.17) is 8.94 Å². The second kappa shape index (κ2) is 6.19. The molecule has 1 atom stereocenters. The second-order valence-corrected chi connectivity index (χ2v) is 4.33. The lowest BCUT2D eigenvalue weighted by molar-refractivity contribution is -0.123. The predicted octanol–water partition coefficient (Wildman–Crippen LogP) is 1.37. The van der Waals surface area contributed by atoms with Gasteiger partial charge in [-0.2, -0.15) is 0 Å². The molecule has 1 unspecified atom stereocenters. The summed E-state index contributed by atoms with van der Waals surface area (Å²) in [5.74, 6) is 1.35. The van der Waals surface area contributed by atoms with Crippen molar-refractivity contribution in [2.75, 3.05) is 0 Å². The van der Waals surface area contributed by atoms with Gasteiger partial charge < -0.3 is 14.3 Å². The van der Waals surface area contributed by atoms with Gasteiger partial charge >= 0.3 is 0 Å². The van der Waals surface area contributed by atoms with Crippen molar-refractivity contribution in [2.24, 2.45) is 0 Å². The molecule has 2 aromatic heterocycles. The molecule has 102 valence electrons. The van der Waals surface area contributed by atoms with E-state index in [1.165, 1.54) is 0 Å². The van der Waals surface area contributed by atoms with E-state index in [0.717, 1.165) is 11.5 Å². The van der Waals surface area contributed by atoms with Crippen molar-refractivity contribution < 1.29 is 13.7 Å². The highest BCUT2D eigenvalue weighted by molar-refractivity contribution is 5.81. The highest BCUT2D eigenvalue weighted by Crippen LogP contribution is 2.02. The van der Waals surface area contributed by atoms with Gasteiger partial charge in [0.1, 0.15) is 5.76 Å². The Bertz CT molecular complexity index is 519. The zero-order valence-electron chi connectivity index (χ0n) is 11.0. The molecule has 2 heterocycles. The first-order chi connectivity index (χ1) is 9.15. The standard InChI is InChI=1S/C13H17N3O3/c1-9-6-12(19-16-9)8-14-10(2)13(17)15-7-11-4-3-5-18-11/h3-6,10,14H,7-8H2,1-2H3,(H,15,17). The monoisotopic (exact) mass is 263 g/mol. The maximum atomic E-state index is 11.8. The smallest absolute Gasteiger partial charge is 0.237 e. The van der Waals surface area contributed by atoms with Crippen molar-refractivity contribution in [1.29, 1.82) is 0 Å². The first-order valence-corrected chi connectivity index (χ1v) is 6.11. The van der Waals surface area contributed by atoms with E-state index in [2.05, 4.69) is 15.8 Å². The average Bonchev–Trinajstić information content (AvgIpc) is 3.04. The molecule has 6 nitrogen and oxygen atoms in total. The number of carbonyl (C=O) groups excluding carboxylic acids is 1. The van der Waals surface area contributed by atoms with Gasteiger partial charge in [-0.1, -0.05) is 5.16 Å². The van der Waals surface area contributed by atoms with Gasteiger partial charge in [0.05, 0.1) is 31.1 Å². The summed E-state index contributed by atoms with van der Waals surface area (Å²) in [6.45, 7) is 4.50. The molecule has 0 saturated heterocycles. The van der Waals surface area contributed by atoms with Crippen molar-refractivity contribution in [3.8, 4) is 0 Å². The van der Waals surface area contributed by atoms with Crippen LogP contribution in [-0.2, 0) is 17.9 Å². The fourth-order valence-corrected chi connectivity index (χ4v) is 1.59. The topological polar surface area (TPSA) is 80.3 Å². The van der Waals surface area contributed by atoms with Gasteiger partial charge in [-0.05, 0) is 26.0 Å². The third kappa shape index (κ3) is 3.96. The number of aromatic nitrogens is 1. The van der Waals surface area contributed by atoms with Gasteiger partial charge in [-0.15, -0.1) is 0 Å². The molecule has 6 heteroatoms. The zero-order valence-corrected chi connectivity index (χ0v) is 11.0. The van der Waals surface area contributed by atoms with Gasteiger partial charge in [0.15, 0.2) is 5.76 Å². The van der Waals surface area contributed by atoms with Crippen LogP contribution in [0.2, 0.25) is 0 Å². The molecule has 2 aromatic rings. The summed E-state index contributed by atoms with van der Waals surface area (Å²) in [6, 6.07) is 5.12. The number of amides is 1. The number of nitrogens with zero attached hydrogens (tertiary/aromatic N) is 1. The summed E-state index contributed by atoms with van der Waals surface area (Å²) in [6.07, 6.45) is 1.58. The first-order valence-electron chi connectivity index (χ1n) is 6.11. The SMILES string of the molecule is Cc1cc(CNC(C)C(=O)NCc2ccco2)on1. The Morgan fingerprint density at radius 2 is 2.26 bits per heavy atom. The minimum Gasteiger partial charge on any atom is -0.467 e. The quantitative estimate of drug-likeness (QED) is 0.822. The van der Waals surface area contributed by atoms with Crippen LogP contribution in [0.25, 0.3) is 0 Å². The van der Waals surface area contributed by atoms with Crippen LogP contribution in [-0.4, -0.2) is 17.1 Å². The second-order valence-electron chi connectivity index (χ2n) is 4.33. The van der Waals surface area contributed by atoms with Gasteiger partial charge in [0, 0.05) is 6.07 Å². The summed E-state index contributed by atoms with van der Waals surface area (Å²) in [7, 11) is 0. The van der Waals surface area contributed by atoms with E-state index in [1.54, 1.807) is 19.3 Å². The molecule has 0 fully saturated rings. The molecule has 1 amide bonds. The van der Waals surface area contributed by atoms with Gasteiger partial charge in [0.25, 0.3) is 0 Å². The van der Waals surface area contributed by atoms with Crippen LogP contribution in [0, 0.1) is 6.92 Å². The molecule has 0 aliphatic carbocycles. The number of furan rings is 1. The van der Waals surface area contributed by atoms with E-state index < -0.39 is 0 Å². The zero-order chi connectivity index (χ0) is 13.7. The van der Waals surface area contributed by atoms with Crippen molar-refractivity contribution in [1.82, 2.24) is 15.8 Å². The Hall–Kier alpha value is -2.08. The molecule has 0 spiro atoms. The summed E-state index contributed by atoms with van der Waals surface area (Å²) < 4.78 is 10.2. The minimum absolute atomic E-state index is 0.0902. The fourth-order valence-electron chi connectivity index (χ4n) is 1.59. The summed E-state index contributed by atoms with van der Waals surface area (Å²) in [4.78, 5) is 11.8. The Morgan fingerprint density at radius 1 is 1.42 bits per heavy atom. The van der Waals surface area contributed by atoms with Crippen molar-refractivity contribution in [3.63, 3.8) is 0 Å². The van der Waals surface area contributed by atoms with Crippen LogP contribution in [0.1, 0.15) is 24.1 Å². The lowest BCUT2D eigenvalue weighted by Gasteiger charge is -2.12. The predicted molar refractivity (Wildman–Crippen MR) is 68.1 cm³/mol. The average molecular weight is 263 g/mol. The number of hydrogen-bond donors (Lipinski definition) is 2. The van der Waals surface area contributed by atoms with E-state index in [0.29, 0.717) is 18.8 Å². The Morgan fingerprint density at radius 3 is 2.89 bits per heavy atom. The summed E-state index contributed by atoms with van der Waals surface area (Å²) >= 11 is 0. The lowest BCUT2D eigenvalue weighted by Crippen LogP contribution is -2.41. The van der Waals surface area contributed by atoms with Crippen LogP contribution in [0.5, 0.6) is 0 Å². The normalized spacial score (nSPS) is 12.3. The third-order valence-corrected chi connectivity index (χ3v) is 2.67.